The largest absolute Gasteiger partial charge is 0.349 e. The van der Waals surface area contributed by atoms with Crippen LogP contribution in [0.25, 0.3) is 10.3 Å². The maximum atomic E-state index is 4.69. The predicted octanol–water partition coefficient (Wildman–Crippen LogP) is 2.29. The Hall–Kier alpha value is -1.89. The second-order valence-corrected chi connectivity index (χ2v) is 6.41. The minimum Gasteiger partial charge on any atom is -0.349 e. The zero-order valence-corrected chi connectivity index (χ0v) is 13.9. The third-order valence-electron chi connectivity index (χ3n) is 3.61. The van der Waals surface area contributed by atoms with Crippen molar-refractivity contribution < 1.29 is 0 Å². The molecule has 0 saturated carbocycles. The Balaban J connectivity index is 1.76. The average molecular weight is 304 g/mol. The summed E-state index contributed by atoms with van der Waals surface area (Å²) in [5.74, 6) is 0. The highest BCUT2D eigenvalue weighted by atomic mass is 32.1. The maximum absolute atomic E-state index is 4.69. The zero-order valence-electron chi connectivity index (χ0n) is 13.1. The molecule has 0 N–H and O–H groups in total. The van der Waals surface area contributed by atoms with Gasteiger partial charge in [0.15, 0.2) is 10.8 Å². The van der Waals surface area contributed by atoms with E-state index in [1.54, 1.807) is 11.3 Å². The second-order valence-electron chi connectivity index (χ2n) is 5.43. The van der Waals surface area contributed by atoms with Crippen LogP contribution in [0.2, 0.25) is 0 Å². The fourth-order valence-corrected chi connectivity index (χ4v) is 3.50. The Labute approximate surface area is 128 Å². The number of fused-ring (bicyclic) bond motifs is 1. The number of aryl methyl sites for hydroxylation is 4. The molecule has 0 fully saturated rings. The van der Waals surface area contributed by atoms with Crippen molar-refractivity contribution in [2.75, 3.05) is 18.5 Å². The quantitative estimate of drug-likeness (QED) is 0.742. The first-order chi connectivity index (χ1) is 9.95. The van der Waals surface area contributed by atoms with Gasteiger partial charge in [0, 0.05) is 26.3 Å². The Bertz CT molecular complexity index is 746. The monoisotopic (exact) mass is 304 g/mol. The summed E-state index contributed by atoms with van der Waals surface area (Å²) in [7, 11) is 4.01. The molecular weight excluding hydrogens is 284 g/mol. The summed E-state index contributed by atoms with van der Waals surface area (Å²) in [6.45, 7) is 7.89. The first kappa shape index (κ1) is 14.1. The number of thiazole rings is 1. The van der Waals surface area contributed by atoms with E-state index in [0.29, 0.717) is 0 Å². The van der Waals surface area contributed by atoms with Crippen LogP contribution < -0.4 is 4.90 Å². The van der Waals surface area contributed by atoms with Crippen molar-refractivity contribution in [3.63, 3.8) is 0 Å². The topological polar surface area (TPSA) is 51.8 Å². The lowest BCUT2D eigenvalue weighted by atomic mass is 10.4. The third-order valence-corrected chi connectivity index (χ3v) is 4.88. The van der Waals surface area contributed by atoms with Crippen molar-refractivity contribution >= 4 is 26.8 Å². The second kappa shape index (κ2) is 5.14. The minimum atomic E-state index is 0.864. The molecule has 0 aliphatic heterocycles. The first-order valence-corrected chi connectivity index (χ1v) is 7.79. The maximum Gasteiger partial charge on any atom is 0.187 e. The van der Waals surface area contributed by atoms with Crippen LogP contribution in [0.5, 0.6) is 0 Å². The molecule has 0 amide bonds. The molecule has 0 aromatic carbocycles. The molecule has 0 bridgehead atoms. The van der Waals surface area contributed by atoms with Gasteiger partial charge in [-0.05, 0) is 26.8 Å². The average Bonchev–Trinajstić information content (AvgIpc) is 3.05. The Morgan fingerprint density at radius 1 is 1.24 bits per heavy atom. The molecule has 0 atom stereocenters. The Morgan fingerprint density at radius 2 is 2.00 bits per heavy atom. The van der Waals surface area contributed by atoms with Crippen molar-refractivity contribution in [1.29, 1.82) is 0 Å². The van der Waals surface area contributed by atoms with Crippen molar-refractivity contribution in [1.82, 2.24) is 24.5 Å². The van der Waals surface area contributed by atoms with Crippen molar-refractivity contribution in [3.8, 4) is 0 Å². The number of hydrogen-bond acceptors (Lipinski definition) is 5. The molecular formula is C14H20N6S. The van der Waals surface area contributed by atoms with E-state index < -0.39 is 0 Å². The number of anilines is 1. The molecule has 0 saturated heterocycles. The first-order valence-electron chi connectivity index (χ1n) is 6.98. The van der Waals surface area contributed by atoms with E-state index in [9.17, 15) is 0 Å². The predicted molar refractivity (Wildman–Crippen MR) is 86.1 cm³/mol. The van der Waals surface area contributed by atoms with Crippen LogP contribution in [-0.4, -0.2) is 38.1 Å². The number of likely N-dealkylation sites (N-methyl/N-ethyl adjacent to an activating group) is 1. The van der Waals surface area contributed by atoms with Gasteiger partial charge in [-0.25, -0.2) is 9.67 Å². The SMILES string of the molecule is Cc1cc(C)n(CCN(C)c2nc3c(s2)c(C)nn3C)n1. The zero-order chi connectivity index (χ0) is 15.1. The van der Waals surface area contributed by atoms with Crippen LogP contribution in [0.1, 0.15) is 17.1 Å². The van der Waals surface area contributed by atoms with Gasteiger partial charge in [0.05, 0.1) is 22.6 Å². The highest BCUT2D eigenvalue weighted by Crippen LogP contribution is 2.29. The molecule has 3 aromatic rings. The molecule has 112 valence electrons. The molecule has 3 aromatic heterocycles. The van der Waals surface area contributed by atoms with Crippen LogP contribution in [0, 0.1) is 20.8 Å². The highest BCUT2D eigenvalue weighted by Gasteiger charge is 2.14. The molecule has 0 unspecified atom stereocenters. The smallest absolute Gasteiger partial charge is 0.187 e. The van der Waals surface area contributed by atoms with Gasteiger partial charge < -0.3 is 4.90 Å². The van der Waals surface area contributed by atoms with Crippen molar-refractivity contribution in [2.45, 2.75) is 27.3 Å². The Kier molecular flexibility index (Phi) is 3.44. The van der Waals surface area contributed by atoms with Crippen LogP contribution >= 0.6 is 11.3 Å². The standard InChI is InChI=1S/C14H20N6S/c1-9-8-10(2)20(16-9)7-6-18(4)14-15-13-12(21-14)11(3)17-19(13)5/h8H,6-7H2,1-5H3. The van der Waals surface area contributed by atoms with E-state index in [1.165, 1.54) is 10.4 Å². The lowest BCUT2D eigenvalue weighted by molar-refractivity contribution is 0.592. The molecule has 0 spiro atoms. The fraction of sp³-hybridized carbons (Fsp3) is 0.500. The van der Waals surface area contributed by atoms with Gasteiger partial charge in [0.1, 0.15) is 0 Å². The number of aromatic nitrogens is 5. The van der Waals surface area contributed by atoms with Crippen LogP contribution in [-0.2, 0) is 13.6 Å². The van der Waals surface area contributed by atoms with Crippen molar-refractivity contribution in [2.24, 2.45) is 7.05 Å². The van der Waals surface area contributed by atoms with Crippen LogP contribution in [0.3, 0.4) is 0 Å². The lowest BCUT2D eigenvalue weighted by Crippen LogP contribution is -2.23. The summed E-state index contributed by atoms with van der Waals surface area (Å²) in [4.78, 5) is 6.87. The molecule has 0 radical (unpaired) electrons. The number of nitrogens with zero attached hydrogens (tertiary/aromatic N) is 6. The molecule has 7 heteroatoms. The van der Waals surface area contributed by atoms with Gasteiger partial charge in [-0.2, -0.15) is 10.2 Å². The minimum absolute atomic E-state index is 0.864. The van der Waals surface area contributed by atoms with E-state index >= 15 is 0 Å². The van der Waals surface area contributed by atoms with Gasteiger partial charge in [0.2, 0.25) is 0 Å². The molecule has 21 heavy (non-hydrogen) atoms. The molecule has 3 rings (SSSR count). The highest BCUT2D eigenvalue weighted by molar-refractivity contribution is 7.22. The summed E-state index contributed by atoms with van der Waals surface area (Å²) in [5, 5.41) is 9.92. The van der Waals surface area contributed by atoms with Gasteiger partial charge in [-0.1, -0.05) is 11.3 Å². The molecule has 6 nitrogen and oxygen atoms in total. The summed E-state index contributed by atoms with van der Waals surface area (Å²) < 4.78 is 5.07. The van der Waals surface area contributed by atoms with E-state index in [1.807, 2.05) is 30.3 Å². The van der Waals surface area contributed by atoms with Crippen LogP contribution in [0.4, 0.5) is 5.13 Å². The molecule has 0 aliphatic rings. The van der Waals surface area contributed by atoms with Gasteiger partial charge in [-0.3, -0.25) is 4.68 Å². The third kappa shape index (κ3) is 2.53. The van der Waals surface area contributed by atoms with Gasteiger partial charge >= 0.3 is 0 Å². The van der Waals surface area contributed by atoms with Gasteiger partial charge in [0.25, 0.3) is 0 Å². The summed E-state index contributed by atoms with van der Waals surface area (Å²) in [6.07, 6.45) is 0. The van der Waals surface area contributed by atoms with E-state index in [-0.39, 0.29) is 0 Å². The molecule has 3 heterocycles. The number of hydrogen-bond donors (Lipinski definition) is 0. The summed E-state index contributed by atoms with van der Waals surface area (Å²) in [5.41, 5.74) is 4.27. The fourth-order valence-electron chi connectivity index (χ4n) is 2.48. The van der Waals surface area contributed by atoms with E-state index in [0.717, 1.165) is 35.3 Å². The summed E-state index contributed by atoms with van der Waals surface area (Å²) >= 11 is 1.70. The summed E-state index contributed by atoms with van der Waals surface area (Å²) in [6, 6.07) is 2.10. The van der Waals surface area contributed by atoms with E-state index in [2.05, 4.69) is 40.1 Å². The van der Waals surface area contributed by atoms with Gasteiger partial charge in [-0.15, -0.1) is 0 Å². The van der Waals surface area contributed by atoms with Crippen LogP contribution in [0.15, 0.2) is 6.07 Å². The molecule has 0 aliphatic carbocycles. The lowest BCUT2D eigenvalue weighted by Gasteiger charge is -2.16. The normalized spacial score (nSPS) is 11.5. The van der Waals surface area contributed by atoms with Crippen molar-refractivity contribution in [3.05, 3.63) is 23.1 Å². The Morgan fingerprint density at radius 3 is 2.62 bits per heavy atom. The number of rotatable bonds is 4. The van der Waals surface area contributed by atoms with E-state index in [4.69, 9.17) is 0 Å².